The van der Waals surface area contributed by atoms with Gasteiger partial charge < -0.3 is 19.5 Å². The number of nitrogens with one attached hydrogen (secondary N) is 1. The van der Waals surface area contributed by atoms with E-state index in [0.717, 1.165) is 12.8 Å². The molecule has 2 atom stereocenters. The Morgan fingerprint density at radius 1 is 1.36 bits per heavy atom. The molecule has 0 fully saturated rings. The minimum atomic E-state index is -0.848. The van der Waals surface area contributed by atoms with Crippen LogP contribution in [0.2, 0.25) is 5.02 Å². The van der Waals surface area contributed by atoms with Crippen molar-refractivity contribution in [3.8, 4) is 5.75 Å². The molecule has 6 heteroatoms. The van der Waals surface area contributed by atoms with Gasteiger partial charge in [0.25, 0.3) is 5.91 Å². The number of carbonyl (C=O) groups is 1. The Morgan fingerprint density at radius 2 is 2.08 bits per heavy atom. The number of unbranched alkanes of at least 4 members (excludes halogenated alkanes) is 1. The van der Waals surface area contributed by atoms with Gasteiger partial charge in [0.15, 0.2) is 0 Å². The van der Waals surface area contributed by atoms with E-state index in [4.69, 9.17) is 25.8 Å². The van der Waals surface area contributed by atoms with Gasteiger partial charge in [0.05, 0.1) is 11.6 Å². The van der Waals surface area contributed by atoms with E-state index in [9.17, 15) is 4.79 Å². The second kappa shape index (κ2) is 10.6. The predicted molar refractivity (Wildman–Crippen MR) is 102 cm³/mol. The van der Waals surface area contributed by atoms with Gasteiger partial charge in [-0.15, -0.1) is 0 Å². The van der Waals surface area contributed by atoms with Crippen molar-refractivity contribution in [1.82, 2.24) is 0 Å². The molecule has 0 radical (unpaired) electrons. The number of anilines is 1. The number of amides is 1. The number of halogens is 1. The van der Waals surface area contributed by atoms with Crippen molar-refractivity contribution in [1.29, 1.82) is 0 Å². The summed E-state index contributed by atoms with van der Waals surface area (Å²) in [6.45, 7) is 8.66. The summed E-state index contributed by atoms with van der Waals surface area (Å²) in [5.41, 5.74) is -0.233. The van der Waals surface area contributed by atoms with Crippen LogP contribution in [0.1, 0.15) is 47.0 Å². The summed E-state index contributed by atoms with van der Waals surface area (Å²) in [7, 11) is 1.62. The zero-order chi connectivity index (χ0) is 18.9. The SMILES string of the molecule is CCCC[C@@](C)(OCC)C(=O)Nc1ccc(O[C@@H](C)COC)c(Cl)c1. The standard InChI is InChI=1S/C19H30ClNO4/c1-6-8-11-19(4,24-7-2)18(22)21-15-9-10-17(16(20)12-15)25-14(3)13-23-5/h9-10,12,14H,6-8,11,13H2,1-5H3,(H,21,22)/t14-,19+/m0/s1. The van der Waals surface area contributed by atoms with Gasteiger partial charge in [0, 0.05) is 19.4 Å². The van der Waals surface area contributed by atoms with Crippen molar-refractivity contribution < 1.29 is 19.0 Å². The van der Waals surface area contributed by atoms with E-state index >= 15 is 0 Å². The van der Waals surface area contributed by atoms with Gasteiger partial charge in [-0.2, -0.15) is 0 Å². The van der Waals surface area contributed by atoms with Crippen LogP contribution < -0.4 is 10.1 Å². The zero-order valence-corrected chi connectivity index (χ0v) is 16.6. The summed E-state index contributed by atoms with van der Waals surface area (Å²) < 4.78 is 16.5. The van der Waals surface area contributed by atoms with Crippen LogP contribution in [0.25, 0.3) is 0 Å². The van der Waals surface area contributed by atoms with E-state index in [1.54, 1.807) is 25.3 Å². The van der Waals surface area contributed by atoms with Crippen LogP contribution in [0.4, 0.5) is 5.69 Å². The smallest absolute Gasteiger partial charge is 0.256 e. The largest absolute Gasteiger partial charge is 0.487 e. The number of hydrogen-bond acceptors (Lipinski definition) is 4. The first-order valence-corrected chi connectivity index (χ1v) is 9.14. The van der Waals surface area contributed by atoms with Gasteiger partial charge in [0.2, 0.25) is 0 Å². The Bertz CT molecular complexity index is 552. The average Bonchev–Trinajstić information content (AvgIpc) is 2.56. The third-order valence-corrected chi connectivity index (χ3v) is 4.17. The minimum absolute atomic E-state index is 0.113. The van der Waals surface area contributed by atoms with Gasteiger partial charge in [-0.1, -0.05) is 31.4 Å². The quantitative estimate of drug-likeness (QED) is 0.613. The van der Waals surface area contributed by atoms with Crippen molar-refractivity contribution in [2.24, 2.45) is 0 Å². The molecule has 25 heavy (non-hydrogen) atoms. The highest BCUT2D eigenvalue weighted by molar-refractivity contribution is 6.32. The van der Waals surface area contributed by atoms with Gasteiger partial charge >= 0.3 is 0 Å². The highest BCUT2D eigenvalue weighted by Crippen LogP contribution is 2.29. The van der Waals surface area contributed by atoms with Gasteiger partial charge in [-0.05, 0) is 45.4 Å². The zero-order valence-electron chi connectivity index (χ0n) is 15.9. The number of carbonyl (C=O) groups excluding carboxylic acids is 1. The van der Waals surface area contributed by atoms with Crippen molar-refractivity contribution in [2.45, 2.75) is 58.7 Å². The monoisotopic (exact) mass is 371 g/mol. The molecule has 0 aliphatic heterocycles. The van der Waals surface area contributed by atoms with Crippen LogP contribution in [-0.4, -0.2) is 37.9 Å². The van der Waals surface area contributed by atoms with Crippen LogP contribution >= 0.6 is 11.6 Å². The van der Waals surface area contributed by atoms with Gasteiger partial charge in [-0.25, -0.2) is 0 Å². The molecule has 5 nitrogen and oxygen atoms in total. The van der Waals surface area contributed by atoms with Crippen molar-refractivity contribution in [2.75, 3.05) is 25.6 Å². The second-order valence-corrected chi connectivity index (χ2v) is 6.66. The van der Waals surface area contributed by atoms with Crippen molar-refractivity contribution >= 4 is 23.2 Å². The summed E-state index contributed by atoms with van der Waals surface area (Å²) in [4.78, 5) is 12.7. The second-order valence-electron chi connectivity index (χ2n) is 6.25. The molecule has 0 spiro atoms. The molecule has 0 aliphatic rings. The number of methoxy groups -OCH3 is 1. The lowest BCUT2D eigenvalue weighted by Crippen LogP contribution is -2.42. The van der Waals surface area contributed by atoms with E-state index in [1.165, 1.54) is 0 Å². The predicted octanol–water partition coefficient (Wildman–Crippen LogP) is 4.68. The number of rotatable bonds is 11. The summed E-state index contributed by atoms with van der Waals surface area (Å²) in [6.07, 6.45) is 2.49. The van der Waals surface area contributed by atoms with Gasteiger partial charge in [-0.3, -0.25) is 4.79 Å². The summed E-state index contributed by atoms with van der Waals surface area (Å²) >= 11 is 6.27. The Labute approximate surface area is 156 Å². The summed E-state index contributed by atoms with van der Waals surface area (Å²) in [5.74, 6) is 0.392. The Hall–Kier alpha value is -1.30. The fourth-order valence-electron chi connectivity index (χ4n) is 2.51. The normalized spacial score (nSPS) is 14.6. The maximum Gasteiger partial charge on any atom is 0.256 e. The molecule has 1 N–H and O–H groups in total. The molecule has 0 aromatic heterocycles. The van der Waals surface area contributed by atoms with Crippen LogP contribution in [0, 0.1) is 0 Å². The van der Waals surface area contributed by atoms with E-state index in [0.29, 0.717) is 36.1 Å². The lowest BCUT2D eigenvalue weighted by atomic mass is 9.97. The molecule has 0 saturated heterocycles. The van der Waals surface area contributed by atoms with E-state index in [2.05, 4.69) is 12.2 Å². The Balaban J connectivity index is 2.81. The maximum atomic E-state index is 12.7. The third kappa shape index (κ3) is 6.84. The van der Waals surface area contributed by atoms with Crippen molar-refractivity contribution in [3.63, 3.8) is 0 Å². The maximum absolute atomic E-state index is 12.7. The molecule has 0 aliphatic carbocycles. The van der Waals surface area contributed by atoms with Crippen molar-refractivity contribution in [3.05, 3.63) is 23.2 Å². The molecule has 142 valence electrons. The van der Waals surface area contributed by atoms with Crippen LogP contribution in [-0.2, 0) is 14.3 Å². The minimum Gasteiger partial charge on any atom is -0.487 e. The molecular formula is C19H30ClNO4. The molecule has 0 bridgehead atoms. The Morgan fingerprint density at radius 3 is 2.64 bits per heavy atom. The third-order valence-electron chi connectivity index (χ3n) is 3.87. The molecule has 1 aromatic carbocycles. The van der Waals surface area contributed by atoms with E-state index < -0.39 is 5.60 Å². The first-order valence-electron chi connectivity index (χ1n) is 8.76. The van der Waals surface area contributed by atoms with E-state index in [-0.39, 0.29) is 12.0 Å². The molecule has 1 rings (SSSR count). The molecule has 1 aromatic rings. The average molecular weight is 372 g/mol. The van der Waals surface area contributed by atoms with E-state index in [1.807, 2.05) is 20.8 Å². The first kappa shape index (κ1) is 21.7. The fourth-order valence-corrected chi connectivity index (χ4v) is 2.73. The highest BCUT2D eigenvalue weighted by atomic mass is 35.5. The van der Waals surface area contributed by atoms with Crippen LogP contribution in [0.15, 0.2) is 18.2 Å². The number of ether oxygens (including phenoxy) is 3. The fraction of sp³-hybridized carbons (Fsp3) is 0.632. The Kier molecular flexibility index (Phi) is 9.25. The lowest BCUT2D eigenvalue weighted by molar-refractivity contribution is -0.139. The number of benzene rings is 1. The molecule has 1 amide bonds. The van der Waals surface area contributed by atoms with Gasteiger partial charge in [0.1, 0.15) is 17.5 Å². The molecule has 0 unspecified atom stereocenters. The number of hydrogen-bond donors (Lipinski definition) is 1. The first-order chi connectivity index (χ1) is 11.9. The van der Waals surface area contributed by atoms with Crippen LogP contribution in [0.5, 0.6) is 5.75 Å². The molecular weight excluding hydrogens is 342 g/mol. The molecule has 0 saturated carbocycles. The highest BCUT2D eigenvalue weighted by Gasteiger charge is 2.33. The molecule has 0 heterocycles. The lowest BCUT2D eigenvalue weighted by Gasteiger charge is -2.28. The summed E-state index contributed by atoms with van der Waals surface area (Å²) in [5, 5.41) is 3.33. The van der Waals surface area contributed by atoms with Crippen LogP contribution in [0.3, 0.4) is 0 Å². The summed E-state index contributed by atoms with van der Waals surface area (Å²) in [6, 6.07) is 5.19. The topological polar surface area (TPSA) is 56.8 Å².